The Labute approximate surface area is 118 Å². The summed E-state index contributed by atoms with van der Waals surface area (Å²) < 4.78 is 0. The van der Waals surface area contributed by atoms with Gasteiger partial charge in [-0.2, -0.15) is 0 Å². The van der Waals surface area contributed by atoms with Crippen LogP contribution in [0.4, 0.5) is 0 Å². The number of carboxylic acid groups (broad SMARTS) is 1. The molecule has 1 aromatic rings. The fraction of sp³-hybridized carbons (Fsp3) is 0.375. The van der Waals surface area contributed by atoms with Gasteiger partial charge < -0.3 is 10.0 Å². The van der Waals surface area contributed by atoms with Gasteiger partial charge in [0.2, 0.25) is 0 Å². The average molecular weight is 271 g/mol. The average Bonchev–Trinajstić information content (AvgIpc) is 2.98. The van der Waals surface area contributed by atoms with Crippen molar-refractivity contribution >= 4 is 11.9 Å². The van der Waals surface area contributed by atoms with Gasteiger partial charge in [0.15, 0.2) is 0 Å². The van der Waals surface area contributed by atoms with E-state index in [0.29, 0.717) is 5.56 Å². The van der Waals surface area contributed by atoms with Crippen molar-refractivity contribution in [3.63, 3.8) is 0 Å². The first-order valence-electron chi connectivity index (χ1n) is 6.71. The summed E-state index contributed by atoms with van der Waals surface area (Å²) in [5.41, 5.74) is 0.495. The lowest BCUT2D eigenvalue weighted by Crippen LogP contribution is -2.39. The largest absolute Gasteiger partial charge is 0.478 e. The second kappa shape index (κ2) is 6.25. The van der Waals surface area contributed by atoms with Crippen LogP contribution in [0.15, 0.2) is 24.3 Å². The zero-order chi connectivity index (χ0) is 14.5. The molecule has 4 nitrogen and oxygen atoms in total. The van der Waals surface area contributed by atoms with Crippen LogP contribution in [0.1, 0.15) is 46.4 Å². The van der Waals surface area contributed by atoms with Gasteiger partial charge in [-0.3, -0.25) is 4.79 Å². The van der Waals surface area contributed by atoms with Gasteiger partial charge in [-0.15, -0.1) is 6.42 Å². The molecule has 0 unspecified atom stereocenters. The molecule has 0 radical (unpaired) electrons. The molecule has 20 heavy (non-hydrogen) atoms. The number of amides is 1. The lowest BCUT2D eigenvalue weighted by Gasteiger charge is -2.27. The number of rotatable bonds is 4. The van der Waals surface area contributed by atoms with E-state index in [1.807, 2.05) is 0 Å². The monoisotopic (exact) mass is 271 g/mol. The Morgan fingerprint density at radius 3 is 2.55 bits per heavy atom. The second-order valence-corrected chi connectivity index (χ2v) is 4.96. The SMILES string of the molecule is C#CCN(C(=O)c1cccc(C(=O)O)c1)C1CCCC1. The molecule has 1 aliphatic carbocycles. The molecule has 1 amide bonds. The van der Waals surface area contributed by atoms with Crippen molar-refractivity contribution in [1.82, 2.24) is 4.90 Å². The Kier molecular flexibility index (Phi) is 4.41. The van der Waals surface area contributed by atoms with Crippen LogP contribution in [0.5, 0.6) is 0 Å². The summed E-state index contributed by atoms with van der Waals surface area (Å²) in [6.07, 6.45) is 9.49. The van der Waals surface area contributed by atoms with Gasteiger partial charge in [0.1, 0.15) is 0 Å². The predicted molar refractivity (Wildman–Crippen MR) is 75.5 cm³/mol. The normalized spacial score (nSPS) is 14.8. The van der Waals surface area contributed by atoms with Crippen molar-refractivity contribution in [2.75, 3.05) is 6.54 Å². The number of carbonyl (C=O) groups excluding carboxylic acids is 1. The minimum atomic E-state index is -1.04. The molecule has 1 fully saturated rings. The Morgan fingerprint density at radius 2 is 1.95 bits per heavy atom. The van der Waals surface area contributed by atoms with Crippen LogP contribution in [0, 0.1) is 12.3 Å². The molecule has 1 aliphatic rings. The van der Waals surface area contributed by atoms with E-state index in [4.69, 9.17) is 11.5 Å². The summed E-state index contributed by atoms with van der Waals surface area (Å²) >= 11 is 0. The van der Waals surface area contributed by atoms with Crippen LogP contribution >= 0.6 is 0 Å². The highest BCUT2D eigenvalue weighted by Gasteiger charge is 2.27. The first-order chi connectivity index (χ1) is 9.63. The van der Waals surface area contributed by atoms with Crippen molar-refractivity contribution in [3.8, 4) is 12.3 Å². The highest BCUT2D eigenvalue weighted by Crippen LogP contribution is 2.24. The molecule has 1 N–H and O–H groups in total. The van der Waals surface area contributed by atoms with E-state index >= 15 is 0 Å². The molecule has 0 atom stereocenters. The summed E-state index contributed by atoms with van der Waals surface area (Å²) in [6.45, 7) is 0.265. The van der Waals surface area contributed by atoms with Crippen molar-refractivity contribution in [2.24, 2.45) is 0 Å². The number of nitrogens with zero attached hydrogens (tertiary/aromatic N) is 1. The minimum Gasteiger partial charge on any atom is -0.478 e. The Balaban J connectivity index is 2.25. The summed E-state index contributed by atoms with van der Waals surface area (Å²) in [5.74, 6) is 1.30. The molecule has 0 saturated heterocycles. The van der Waals surface area contributed by atoms with Gasteiger partial charge in [0, 0.05) is 11.6 Å². The molecule has 0 spiro atoms. The van der Waals surface area contributed by atoms with Crippen LogP contribution in [0.2, 0.25) is 0 Å². The first kappa shape index (κ1) is 14.1. The van der Waals surface area contributed by atoms with Crippen LogP contribution < -0.4 is 0 Å². The number of carboxylic acids is 1. The zero-order valence-electron chi connectivity index (χ0n) is 11.2. The van der Waals surface area contributed by atoms with Gasteiger partial charge in [-0.25, -0.2) is 4.79 Å². The lowest BCUT2D eigenvalue weighted by atomic mass is 10.1. The summed E-state index contributed by atoms with van der Waals surface area (Å²) in [7, 11) is 0. The van der Waals surface area contributed by atoms with Crippen molar-refractivity contribution in [2.45, 2.75) is 31.7 Å². The minimum absolute atomic E-state index is 0.114. The maximum atomic E-state index is 12.5. The Hall–Kier alpha value is -2.28. The molecule has 4 heteroatoms. The van der Waals surface area contributed by atoms with Gasteiger partial charge >= 0.3 is 5.97 Å². The van der Waals surface area contributed by atoms with Crippen molar-refractivity contribution < 1.29 is 14.7 Å². The van der Waals surface area contributed by atoms with E-state index in [1.165, 1.54) is 12.1 Å². The quantitative estimate of drug-likeness (QED) is 0.855. The number of carbonyl (C=O) groups is 2. The highest BCUT2D eigenvalue weighted by molar-refractivity contribution is 5.97. The molecule has 0 aliphatic heterocycles. The Bertz CT molecular complexity index is 553. The van der Waals surface area contributed by atoms with E-state index in [2.05, 4.69) is 5.92 Å². The topological polar surface area (TPSA) is 57.6 Å². The number of hydrogen-bond acceptors (Lipinski definition) is 2. The van der Waals surface area contributed by atoms with Crippen molar-refractivity contribution in [1.29, 1.82) is 0 Å². The van der Waals surface area contributed by atoms with E-state index in [1.54, 1.807) is 17.0 Å². The fourth-order valence-corrected chi connectivity index (χ4v) is 2.63. The number of benzene rings is 1. The summed E-state index contributed by atoms with van der Waals surface area (Å²) in [4.78, 5) is 25.2. The molecule has 0 aromatic heterocycles. The van der Waals surface area contributed by atoms with Gasteiger partial charge in [-0.05, 0) is 31.0 Å². The Morgan fingerprint density at radius 1 is 1.30 bits per heavy atom. The third-order valence-electron chi connectivity index (χ3n) is 3.64. The smallest absolute Gasteiger partial charge is 0.335 e. The van der Waals surface area contributed by atoms with E-state index in [9.17, 15) is 9.59 Å². The number of aromatic carboxylic acids is 1. The molecule has 104 valence electrons. The molecule has 0 bridgehead atoms. The van der Waals surface area contributed by atoms with E-state index in [-0.39, 0.29) is 24.1 Å². The lowest BCUT2D eigenvalue weighted by molar-refractivity contribution is 0.0697. The third kappa shape index (κ3) is 3.00. The van der Waals surface area contributed by atoms with Crippen LogP contribution in [0.25, 0.3) is 0 Å². The highest BCUT2D eigenvalue weighted by atomic mass is 16.4. The molecule has 1 aromatic carbocycles. The molecule has 0 heterocycles. The fourth-order valence-electron chi connectivity index (χ4n) is 2.63. The molecule has 2 rings (SSSR count). The van der Waals surface area contributed by atoms with Gasteiger partial charge in [0.05, 0.1) is 12.1 Å². The van der Waals surface area contributed by atoms with Crippen molar-refractivity contribution in [3.05, 3.63) is 35.4 Å². The van der Waals surface area contributed by atoms with Crippen LogP contribution in [-0.2, 0) is 0 Å². The zero-order valence-corrected chi connectivity index (χ0v) is 11.2. The van der Waals surface area contributed by atoms with Crippen LogP contribution in [0.3, 0.4) is 0 Å². The van der Waals surface area contributed by atoms with Gasteiger partial charge in [-0.1, -0.05) is 24.8 Å². The van der Waals surface area contributed by atoms with E-state index < -0.39 is 5.97 Å². The summed E-state index contributed by atoms with van der Waals surface area (Å²) in [5, 5.41) is 8.99. The van der Waals surface area contributed by atoms with Crippen LogP contribution in [-0.4, -0.2) is 34.5 Å². The predicted octanol–water partition coefficient (Wildman–Crippen LogP) is 2.40. The number of terminal acetylenes is 1. The summed E-state index contributed by atoms with van der Waals surface area (Å²) in [6, 6.07) is 6.27. The van der Waals surface area contributed by atoms with E-state index in [0.717, 1.165) is 25.7 Å². The third-order valence-corrected chi connectivity index (χ3v) is 3.64. The second-order valence-electron chi connectivity index (χ2n) is 4.96. The maximum Gasteiger partial charge on any atom is 0.335 e. The van der Waals surface area contributed by atoms with Gasteiger partial charge in [0.25, 0.3) is 5.91 Å². The molecular formula is C16H17NO3. The first-order valence-corrected chi connectivity index (χ1v) is 6.71. The standard InChI is InChI=1S/C16H17NO3/c1-2-10-17(14-8-3-4-9-14)15(18)12-6-5-7-13(11-12)16(19)20/h1,5-7,11,14H,3-4,8-10H2,(H,19,20). The molecule has 1 saturated carbocycles. The molecular weight excluding hydrogens is 254 g/mol. The number of hydrogen-bond donors (Lipinski definition) is 1. The maximum absolute atomic E-state index is 12.5.